The first-order chi connectivity index (χ1) is 8.86. The molecule has 0 fully saturated rings. The van der Waals surface area contributed by atoms with Crippen LogP contribution >= 0.6 is 0 Å². The van der Waals surface area contributed by atoms with Gasteiger partial charge in [0.2, 0.25) is 0 Å². The van der Waals surface area contributed by atoms with Gasteiger partial charge in [0.05, 0.1) is 6.26 Å². The van der Waals surface area contributed by atoms with E-state index < -0.39 is 0 Å². The highest BCUT2D eigenvalue weighted by molar-refractivity contribution is 5.67. The number of hydrogen-bond donors (Lipinski definition) is 0. The lowest BCUT2D eigenvalue weighted by Crippen LogP contribution is -2.15. The fraction of sp³-hybridized carbons (Fsp3) is 0.200. The predicted molar refractivity (Wildman–Crippen MR) is 69.0 cm³/mol. The lowest BCUT2D eigenvalue weighted by Gasteiger charge is -2.18. The Morgan fingerprint density at radius 1 is 1.06 bits per heavy atom. The standard InChI is InChI=1S/C15H14O3/c1-2-3-13-8-12(10-18-13)11-4-5-14-15(9-11)17-7-6-16-14/h2,4-5,8-10H,1,3,6-7H2. The van der Waals surface area contributed by atoms with Crippen molar-refractivity contribution in [3.05, 3.63) is 48.9 Å². The third kappa shape index (κ3) is 1.99. The second-order valence-corrected chi connectivity index (χ2v) is 4.15. The van der Waals surface area contributed by atoms with Crippen LogP contribution in [0.2, 0.25) is 0 Å². The summed E-state index contributed by atoms with van der Waals surface area (Å²) in [6.07, 6.45) is 4.32. The number of hydrogen-bond acceptors (Lipinski definition) is 3. The van der Waals surface area contributed by atoms with Gasteiger partial charge in [-0.05, 0) is 23.8 Å². The monoisotopic (exact) mass is 242 g/mol. The molecule has 1 aromatic heterocycles. The maximum atomic E-state index is 5.57. The molecular formula is C15H14O3. The minimum Gasteiger partial charge on any atom is -0.486 e. The van der Waals surface area contributed by atoms with Crippen LogP contribution in [0, 0.1) is 0 Å². The predicted octanol–water partition coefficient (Wildman–Crippen LogP) is 3.45. The molecule has 1 aliphatic heterocycles. The van der Waals surface area contributed by atoms with E-state index in [1.807, 2.05) is 30.3 Å². The largest absolute Gasteiger partial charge is 0.486 e. The average molecular weight is 242 g/mol. The van der Waals surface area contributed by atoms with Gasteiger partial charge in [-0.2, -0.15) is 0 Å². The average Bonchev–Trinajstić information content (AvgIpc) is 2.87. The molecule has 3 nitrogen and oxygen atoms in total. The summed E-state index contributed by atoms with van der Waals surface area (Å²) in [7, 11) is 0. The van der Waals surface area contributed by atoms with Crippen molar-refractivity contribution in [3.8, 4) is 22.6 Å². The number of fused-ring (bicyclic) bond motifs is 1. The van der Waals surface area contributed by atoms with Gasteiger partial charge in [0.1, 0.15) is 19.0 Å². The van der Waals surface area contributed by atoms with E-state index in [4.69, 9.17) is 13.9 Å². The van der Waals surface area contributed by atoms with Gasteiger partial charge in [-0.1, -0.05) is 12.1 Å². The van der Waals surface area contributed by atoms with Gasteiger partial charge in [0, 0.05) is 12.0 Å². The topological polar surface area (TPSA) is 31.6 Å². The van der Waals surface area contributed by atoms with E-state index in [2.05, 4.69) is 6.58 Å². The first-order valence-corrected chi connectivity index (χ1v) is 5.95. The Labute approximate surface area is 106 Å². The molecule has 2 heterocycles. The van der Waals surface area contributed by atoms with Gasteiger partial charge in [-0.25, -0.2) is 0 Å². The highest BCUT2D eigenvalue weighted by atomic mass is 16.6. The summed E-state index contributed by atoms with van der Waals surface area (Å²) >= 11 is 0. The Bertz CT molecular complexity index is 569. The van der Waals surface area contributed by atoms with Crippen molar-refractivity contribution in [2.75, 3.05) is 13.2 Å². The molecule has 0 bridgehead atoms. The molecule has 1 aromatic carbocycles. The normalized spacial score (nSPS) is 13.3. The molecule has 0 unspecified atom stereocenters. The van der Waals surface area contributed by atoms with E-state index in [1.165, 1.54) is 0 Å². The maximum Gasteiger partial charge on any atom is 0.161 e. The van der Waals surface area contributed by atoms with Crippen molar-refractivity contribution < 1.29 is 13.9 Å². The Balaban J connectivity index is 1.93. The first-order valence-electron chi connectivity index (χ1n) is 5.95. The van der Waals surface area contributed by atoms with Gasteiger partial charge in [0.15, 0.2) is 11.5 Å². The lowest BCUT2D eigenvalue weighted by molar-refractivity contribution is 0.171. The molecule has 0 saturated carbocycles. The molecule has 0 amide bonds. The summed E-state index contributed by atoms with van der Waals surface area (Å²) in [4.78, 5) is 0. The van der Waals surface area contributed by atoms with Crippen molar-refractivity contribution >= 4 is 0 Å². The molecule has 1 aliphatic rings. The number of furan rings is 1. The van der Waals surface area contributed by atoms with Crippen molar-refractivity contribution in [1.82, 2.24) is 0 Å². The fourth-order valence-corrected chi connectivity index (χ4v) is 2.00. The second-order valence-electron chi connectivity index (χ2n) is 4.15. The van der Waals surface area contributed by atoms with Gasteiger partial charge < -0.3 is 13.9 Å². The minimum absolute atomic E-state index is 0.601. The van der Waals surface area contributed by atoms with Crippen LogP contribution < -0.4 is 9.47 Å². The van der Waals surface area contributed by atoms with Gasteiger partial charge in [0.25, 0.3) is 0 Å². The van der Waals surface area contributed by atoms with E-state index in [0.29, 0.717) is 13.2 Å². The number of ether oxygens (including phenoxy) is 2. The van der Waals surface area contributed by atoms with Crippen molar-refractivity contribution in [2.45, 2.75) is 6.42 Å². The molecule has 0 N–H and O–H groups in total. The van der Waals surface area contributed by atoms with Crippen LogP contribution in [0.1, 0.15) is 5.76 Å². The Hall–Kier alpha value is -2.16. The molecule has 2 aromatic rings. The van der Waals surface area contributed by atoms with E-state index in [1.54, 1.807) is 6.26 Å². The summed E-state index contributed by atoms with van der Waals surface area (Å²) in [6, 6.07) is 7.95. The van der Waals surface area contributed by atoms with Crippen LogP contribution in [0.5, 0.6) is 11.5 Å². The smallest absolute Gasteiger partial charge is 0.161 e. The van der Waals surface area contributed by atoms with E-state index in [-0.39, 0.29) is 0 Å². The number of rotatable bonds is 3. The molecule has 3 rings (SSSR count). The van der Waals surface area contributed by atoms with Crippen molar-refractivity contribution in [3.63, 3.8) is 0 Å². The zero-order valence-electron chi connectivity index (χ0n) is 10.0. The van der Waals surface area contributed by atoms with Crippen LogP contribution in [-0.4, -0.2) is 13.2 Å². The molecule has 0 radical (unpaired) electrons. The van der Waals surface area contributed by atoms with Gasteiger partial charge in [-0.3, -0.25) is 0 Å². The van der Waals surface area contributed by atoms with Crippen LogP contribution in [0.4, 0.5) is 0 Å². The van der Waals surface area contributed by atoms with Crippen LogP contribution in [0.25, 0.3) is 11.1 Å². The Morgan fingerprint density at radius 3 is 2.72 bits per heavy atom. The second kappa shape index (κ2) is 4.61. The van der Waals surface area contributed by atoms with Gasteiger partial charge in [-0.15, -0.1) is 6.58 Å². The quantitative estimate of drug-likeness (QED) is 0.772. The number of allylic oxidation sites excluding steroid dienone is 1. The fourth-order valence-electron chi connectivity index (χ4n) is 2.00. The lowest BCUT2D eigenvalue weighted by atomic mass is 10.1. The van der Waals surface area contributed by atoms with Crippen LogP contribution in [-0.2, 0) is 6.42 Å². The molecule has 0 atom stereocenters. The summed E-state index contributed by atoms with van der Waals surface area (Å²) in [5, 5.41) is 0. The highest BCUT2D eigenvalue weighted by Gasteiger charge is 2.13. The molecule has 0 spiro atoms. The van der Waals surface area contributed by atoms with Gasteiger partial charge >= 0.3 is 0 Å². The SMILES string of the molecule is C=CCc1cc(-c2ccc3c(c2)OCCO3)co1. The van der Waals surface area contributed by atoms with Crippen molar-refractivity contribution in [2.24, 2.45) is 0 Å². The third-order valence-corrected chi connectivity index (χ3v) is 2.87. The van der Waals surface area contributed by atoms with E-state index in [9.17, 15) is 0 Å². The Morgan fingerprint density at radius 2 is 1.89 bits per heavy atom. The molecular weight excluding hydrogens is 228 g/mol. The molecule has 0 aliphatic carbocycles. The summed E-state index contributed by atoms with van der Waals surface area (Å²) < 4.78 is 16.5. The minimum atomic E-state index is 0.601. The number of benzene rings is 1. The zero-order valence-corrected chi connectivity index (χ0v) is 10.0. The summed E-state index contributed by atoms with van der Waals surface area (Å²) in [5.74, 6) is 2.51. The molecule has 92 valence electrons. The van der Waals surface area contributed by atoms with Crippen LogP contribution in [0.15, 0.2) is 47.6 Å². The molecule has 18 heavy (non-hydrogen) atoms. The Kier molecular flexibility index (Phi) is 2.81. The summed E-state index contributed by atoms with van der Waals surface area (Å²) in [6.45, 7) is 4.91. The third-order valence-electron chi connectivity index (χ3n) is 2.87. The first kappa shape index (κ1) is 11.0. The molecule has 0 saturated heterocycles. The van der Waals surface area contributed by atoms with Crippen LogP contribution in [0.3, 0.4) is 0 Å². The van der Waals surface area contributed by atoms with E-state index in [0.717, 1.165) is 34.8 Å². The van der Waals surface area contributed by atoms with E-state index >= 15 is 0 Å². The van der Waals surface area contributed by atoms with Crippen molar-refractivity contribution in [1.29, 1.82) is 0 Å². The summed E-state index contributed by atoms with van der Waals surface area (Å²) in [5.41, 5.74) is 2.11. The molecule has 3 heteroatoms. The maximum absolute atomic E-state index is 5.57. The highest BCUT2D eigenvalue weighted by Crippen LogP contribution is 2.35. The zero-order chi connectivity index (χ0) is 12.4.